The van der Waals surface area contributed by atoms with E-state index < -0.39 is 12.1 Å². The maximum atomic E-state index is 13.9. The molecule has 0 atom stereocenters. The molecule has 1 fully saturated rings. The van der Waals surface area contributed by atoms with E-state index in [9.17, 15) is 17.6 Å². The second-order valence-electron chi connectivity index (χ2n) is 5.71. The largest absolute Gasteiger partial charge is 0.490 e. The highest BCUT2D eigenvalue weighted by Crippen LogP contribution is 2.24. The second-order valence-corrected chi connectivity index (χ2v) is 5.71. The molecular weight excluding hydrogens is 370 g/mol. The molecule has 146 valence electrons. The summed E-state index contributed by atoms with van der Waals surface area (Å²) in [5.74, 6) is -2.50. The van der Waals surface area contributed by atoms with E-state index in [1.165, 1.54) is 12.1 Å². The third-order valence-electron chi connectivity index (χ3n) is 3.77. The summed E-state index contributed by atoms with van der Waals surface area (Å²) in [4.78, 5) is 19.6. The van der Waals surface area contributed by atoms with E-state index >= 15 is 0 Å². The van der Waals surface area contributed by atoms with Crippen LogP contribution in [-0.4, -0.2) is 53.4 Å². The molecule has 0 radical (unpaired) electrons. The van der Waals surface area contributed by atoms with Crippen LogP contribution in [0.4, 0.5) is 29.2 Å². The molecule has 2 aromatic rings. The van der Waals surface area contributed by atoms with Gasteiger partial charge in [0.1, 0.15) is 5.82 Å². The Morgan fingerprint density at radius 1 is 1.33 bits per heavy atom. The van der Waals surface area contributed by atoms with Crippen molar-refractivity contribution in [1.29, 1.82) is 0 Å². The summed E-state index contributed by atoms with van der Waals surface area (Å²) in [7, 11) is 1.94. The number of carboxylic acid groups (broad SMARTS) is 1. The minimum Gasteiger partial charge on any atom is -0.475 e. The van der Waals surface area contributed by atoms with Crippen molar-refractivity contribution in [3.8, 4) is 11.3 Å². The molecule has 0 unspecified atom stereocenters. The van der Waals surface area contributed by atoms with E-state index in [4.69, 9.17) is 15.6 Å². The zero-order valence-electron chi connectivity index (χ0n) is 14.2. The Hall–Kier alpha value is -2.95. The first-order valence-electron chi connectivity index (χ1n) is 7.71. The fourth-order valence-electron chi connectivity index (χ4n) is 2.12. The van der Waals surface area contributed by atoms with Gasteiger partial charge in [-0.1, -0.05) is 0 Å². The first-order valence-corrected chi connectivity index (χ1v) is 7.71. The minimum absolute atomic E-state index is 0.336. The van der Waals surface area contributed by atoms with Crippen molar-refractivity contribution in [2.75, 3.05) is 30.8 Å². The molecule has 7 nitrogen and oxygen atoms in total. The number of benzene rings is 1. The standard InChI is InChI=1S/C14H16FN5.C2HF3O2/c1-20(10-7-17-8-10)14-18-5-4-13(19-14)11-6-9(16)2-3-12(11)15;3-2(4,5)1(6)7/h2-6,10,17H,7-8,16H2,1H3;(H,6,7). The second kappa shape index (κ2) is 8.16. The van der Waals surface area contributed by atoms with Gasteiger partial charge in [0.25, 0.3) is 0 Å². The summed E-state index contributed by atoms with van der Waals surface area (Å²) in [6.45, 7) is 1.83. The van der Waals surface area contributed by atoms with E-state index in [2.05, 4.69) is 15.3 Å². The van der Waals surface area contributed by atoms with Gasteiger partial charge >= 0.3 is 12.1 Å². The maximum Gasteiger partial charge on any atom is 0.490 e. The smallest absolute Gasteiger partial charge is 0.475 e. The van der Waals surface area contributed by atoms with Gasteiger partial charge in [0.05, 0.1) is 11.7 Å². The van der Waals surface area contributed by atoms with Crippen LogP contribution in [0, 0.1) is 5.82 Å². The summed E-state index contributed by atoms with van der Waals surface area (Å²) in [5.41, 5.74) is 7.16. The number of nitrogens with one attached hydrogen (secondary N) is 1. The number of hydrogen-bond acceptors (Lipinski definition) is 6. The Kier molecular flexibility index (Phi) is 6.16. The van der Waals surface area contributed by atoms with E-state index in [1.54, 1.807) is 18.3 Å². The van der Waals surface area contributed by atoms with Gasteiger partial charge in [-0.15, -0.1) is 0 Å². The quantitative estimate of drug-likeness (QED) is 0.546. The highest BCUT2D eigenvalue weighted by Gasteiger charge is 2.38. The third kappa shape index (κ3) is 5.26. The highest BCUT2D eigenvalue weighted by molar-refractivity contribution is 5.73. The zero-order valence-corrected chi connectivity index (χ0v) is 14.2. The molecule has 1 aromatic heterocycles. The fourth-order valence-corrected chi connectivity index (χ4v) is 2.12. The van der Waals surface area contributed by atoms with Crippen LogP contribution in [-0.2, 0) is 4.79 Å². The molecule has 0 bridgehead atoms. The number of hydrogen-bond donors (Lipinski definition) is 3. The predicted octanol–water partition coefficient (Wildman–Crippen LogP) is 1.91. The van der Waals surface area contributed by atoms with Gasteiger partial charge in [-0.05, 0) is 24.3 Å². The number of nitrogen functional groups attached to an aromatic ring is 1. The Bertz CT molecular complexity index is 812. The van der Waals surface area contributed by atoms with E-state index in [0.29, 0.717) is 28.9 Å². The number of likely N-dealkylation sites (N-methyl/N-ethyl adjacent to an activating group) is 1. The van der Waals surface area contributed by atoms with Crippen molar-refractivity contribution in [3.63, 3.8) is 0 Å². The molecule has 1 aromatic carbocycles. The number of alkyl halides is 3. The lowest BCUT2D eigenvalue weighted by atomic mass is 10.1. The lowest BCUT2D eigenvalue weighted by Crippen LogP contribution is -2.56. The SMILES string of the molecule is CN(c1nccc(-c2cc(N)ccc2F)n1)C1CNC1.O=C(O)C(F)(F)F. The molecule has 11 heteroatoms. The molecule has 27 heavy (non-hydrogen) atoms. The van der Waals surface area contributed by atoms with Crippen molar-refractivity contribution in [2.45, 2.75) is 12.2 Å². The molecule has 1 aliphatic heterocycles. The summed E-state index contributed by atoms with van der Waals surface area (Å²) in [5, 5.41) is 10.3. The summed E-state index contributed by atoms with van der Waals surface area (Å²) in [6, 6.07) is 6.55. The van der Waals surface area contributed by atoms with Gasteiger partial charge in [0.2, 0.25) is 5.95 Å². The van der Waals surface area contributed by atoms with Crippen molar-refractivity contribution in [2.24, 2.45) is 0 Å². The topological polar surface area (TPSA) is 104 Å². The van der Waals surface area contributed by atoms with Gasteiger partial charge in [0.15, 0.2) is 0 Å². The Morgan fingerprint density at radius 2 is 1.96 bits per heavy atom. The Balaban J connectivity index is 0.000000321. The predicted molar refractivity (Wildman–Crippen MR) is 90.6 cm³/mol. The number of carboxylic acids is 1. The normalized spacial score (nSPS) is 14.0. The first-order chi connectivity index (χ1) is 12.6. The summed E-state index contributed by atoms with van der Waals surface area (Å²) in [6.07, 6.45) is -3.44. The molecule has 4 N–H and O–H groups in total. The Labute approximate surface area is 151 Å². The van der Waals surface area contributed by atoms with Crippen LogP contribution in [0.1, 0.15) is 0 Å². The molecule has 1 aliphatic rings. The molecule has 0 saturated carbocycles. The van der Waals surface area contributed by atoms with Gasteiger partial charge in [0, 0.05) is 37.6 Å². The molecule has 0 aliphatic carbocycles. The number of nitrogens with zero attached hydrogens (tertiary/aromatic N) is 3. The monoisotopic (exact) mass is 387 g/mol. The lowest BCUT2D eigenvalue weighted by Gasteiger charge is -2.35. The summed E-state index contributed by atoms with van der Waals surface area (Å²) >= 11 is 0. The lowest BCUT2D eigenvalue weighted by molar-refractivity contribution is -0.192. The van der Waals surface area contributed by atoms with E-state index in [-0.39, 0.29) is 5.82 Å². The van der Waals surface area contributed by atoms with Crippen LogP contribution in [0.3, 0.4) is 0 Å². The van der Waals surface area contributed by atoms with Crippen LogP contribution in [0.25, 0.3) is 11.3 Å². The third-order valence-corrected chi connectivity index (χ3v) is 3.77. The fraction of sp³-hybridized carbons (Fsp3) is 0.312. The maximum absolute atomic E-state index is 13.9. The number of aromatic nitrogens is 2. The van der Waals surface area contributed by atoms with Gasteiger partial charge in [-0.3, -0.25) is 0 Å². The van der Waals surface area contributed by atoms with Crippen molar-refractivity contribution in [3.05, 3.63) is 36.3 Å². The average molecular weight is 387 g/mol. The zero-order chi connectivity index (χ0) is 20.2. The number of anilines is 2. The van der Waals surface area contributed by atoms with Crippen molar-refractivity contribution < 1.29 is 27.5 Å². The van der Waals surface area contributed by atoms with Crippen LogP contribution in [0.5, 0.6) is 0 Å². The summed E-state index contributed by atoms with van der Waals surface area (Å²) < 4.78 is 45.6. The number of nitrogens with two attached hydrogens (primary N) is 1. The van der Waals surface area contributed by atoms with Crippen LogP contribution >= 0.6 is 0 Å². The molecule has 1 saturated heterocycles. The van der Waals surface area contributed by atoms with Gasteiger partial charge in [-0.25, -0.2) is 19.2 Å². The van der Waals surface area contributed by atoms with Crippen LogP contribution in [0.15, 0.2) is 30.5 Å². The molecule has 0 spiro atoms. The first kappa shape index (κ1) is 20.4. The molecule has 2 heterocycles. The van der Waals surface area contributed by atoms with Crippen molar-refractivity contribution in [1.82, 2.24) is 15.3 Å². The number of carbonyl (C=O) groups is 1. The van der Waals surface area contributed by atoms with Gasteiger partial charge < -0.3 is 21.1 Å². The molecular formula is C16H17F4N5O2. The van der Waals surface area contributed by atoms with E-state index in [0.717, 1.165) is 13.1 Å². The number of halogens is 4. The number of aliphatic carboxylic acids is 1. The van der Waals surface area contributed by atoms with Gasteiger partial charge in [-0.2, -0.15) is 13.2 Å². The van der Waals surface area contributed by atoms with E-state index in [1.807, 2.05) is 11.9 Å². The average Bonchev–Trinajstić information content (AvgIpc) is 2.55. The molecule has 3 rings (SSSR count). The Morgan fingerprint density at radius 3 is 2.48 bits per heavy atom. The van der Waals surface area contributed by atoms with Crippen LogP contribution < -0.4 is 16.0 Å². The van der Waals surface area contributed by atoms with Crippen molar-refractivity contribution >= 4 is 17.6 Å². The minimum atomic E-state index is -5.08. The highest BCUT2D eigenvalue weighted by atomic mass is 19.4. The number of rotatable bonds is 3. The molecule has 0 amide bonds. The van der Waals surface area contributed by atoms with Crippen LogP contribution in [0.2, 0.25) is 0 Å².